The van der Waals surface area contributed by atoms with E-state index in [1.165, 1.54) is 59.2 Å². The maximum absolute atomic E-state index is 13.9. The fraction of sp³-hybridized carbons (Fsp3) is 0.185. The maximum Gasteiger partial charge on any atom is 0.573 e. The number of hydrogen-bond donors (Lipinski definition) is 0. The van der Waals surface area contributed by atoms with Gasteiger partial charge in [-0.05, 0) is 53.4 Å². The van der Waals surface area contributed by atoms with Gasteiger partial charge < -0.3 is 9.64 Å². The van der Waals surface area contributed by atoms with Gasteiger partial charge in [0.25, 0.3) is 0 Å². The largest absolute Gasteiger partial charge is 0.573 e. The summed E-state index contributed by atoms with van der Waals surface area (Å²) in [5, 5.41) is 13.6. The fourth-order valence-corrected chi connectivity index (χ4v) is 4.58. The summed E-state index contributed by atoms with van der Waals surface area (Å²) in [6.45, 7) is 4.13. The molecule has 2 heterocycles. The van der Waals surface area contributed by atoms with Gasteiger partial charge in [0, 0.05) is 5.56 Å². The second-order valence-electron chi connectivity index (χ2n) is 8.86. The first-order valence-corrected chi connectivity index (χ1v) is 12.8. The lowest BCUT2D eigenvalue weighted by Crippen LogP contribution is -2.39. The minimum absolute atomic E-state index is 0.244. The summed E-state index contributed by atoms with van der Waals surface area (Å²) < 4.78 is 56.3. The van der Waals surface area contributed by atoms with Crippen molar-refractivity contribution >= 4 is 28.8 Å². The van der Waals surface area contributed by atoms with E-state index in [1.54, 1.807) is 6.21 Å². The molecular weight excluding hydrogens is 532 g/mol. The number of aromatic nitrogens is 3. The highest BCUT2D eigenvalue weighted by Crippen LogP contribution is 2.36. The quantitative estimate of drug-likeness (QED) is 0.140. The molecule has 0 saturated carbocycles. The number of amidine groups is 1. The van der Waals surface area contributed by atoms with Crippen molar-refractivity contribution in [2.45, 2.75) is 26.1 Å². The number of benzene rings is 3. The van der Waals surface area contributed by atoms with E-state index in [1.807, 2.05) is 35.2 Å². The molecule has 1 saturated heterocycles. The van der Waals surface area contributed by atoms with Crippen molar-refractivity contribution in [1.29, 1.82) is 0 Å². The summed E-state index contributed by atoms with van der Waals surface area (Å²) in [5.74, 6) is 0.770. The molecule has 0 aliphatic carbocycles. The number of halogens is 4. The van der Waals surface area contributed by atoms with E-state index in [-0.39, 0.29) is 17.5 Å². The van der Waals surface area contributed by atoms with E-state index >= 15 is 0 Å². The van der Waals surface area contributed by atoms with Crippen molar-refractivity contribution in [1.82, 2.24) is 14.8 Å². The van der Waals surface area contributed by atoms with Gasteiger partial charge in [0.1, 0.15) is 17.9 Å². The van der Waals surface area contributed by atoms with Crippen molar-refractivity contribution in [3.05, 3.63) is 90.0 Å². The number of anilines is 1. The lowest BCUT2D eigenvalue weighted by Gasteiger charge is -2.35. The van der Waals surface area contributed by atoms with Crippen LogP contribution in [0.25, 0.3) is 17.1 Å². The number of nitrogens with zero attached hydrogens (tertiary/aromatic N) is 6. The Kier molecular flexibility index (Phi) is 7.38. The molecule has 3 aromatic carbocycles. The molecule has 5 rings (SSSR count). The molecule has 0 atom stereocenters. The summed E-state index contributed by atoms with van der Waals surface area (Å²) >= 11 is 1.54. The average molecular weight is 555 g/mol. The summed E-state index contributed by atoms with van der Waals surface area (Å²) in [7, 11) is 0. The zero-order valence-electron chi connectivity index (χ0n) is 20.8. The van der Waals surface area contributed by atoms with Crippen LogP contribution in [0.5, 0.6) is 5.75 Å². The van der Waals surface area contributed by atoms with Gasteiger partial charge in [-0.25, -0.2) is 14.1 Å². The molecule has 1 fully saturated rings. The van der Waals surface area contributed by atoms with Crippen LogP contribution in [-0.2, 0) is 0 Å². The van der Waals surface area contributed by atoms with Crippen LogP contribution in [-0.4, -0.2) is 38.4 Å². The molecule has 0 bridgehead atoms. The Morgan fingerprint density at radius 2 is 1.77 bits per heavy atom. The molecule has 0 radical (unpaired) electrons. The van der Waals surface area contributed by atoms with Crippen molar-refractivity contribution in [2.24, 2.45) is 10.2 Å². The average Bonchev–Trinajstić information content (AvgIpc) is 3.36. The third kappa shape index (κ3) is 6.28. The van der Waals surface area contributed by atoms with Crippen molar-refractivity contribution in [2.75, 3.05) is 10.8 Å². The van der Waals surface area contributed by atoms with E-state index in [2.05, 4.69) is 38.9 Å². The van der Waals surface area contributed by atoms with Crippen LogP contribution in [0.15, 0.2) is 83.3 Å². The molecule has 0 N–H and O–H groups in total. The predicted octanol–water partition coefficient (Wildman–Crippen LogP) is 7.00. The Morgan fingerprint density at radius 1 is 1.03 bits per heavy atom. The third-order valence-corrected chi connectivity index (χ3v) is 6.75. The second kappa shape index (κ2) is 10.9. The molecule has 7 nitrogen and oxygen atoms in total. The monoisotopic (exact) mass is 554 g/mol. The zero-order chi connectivity index (χ0) is 27.6. The maximum atomic E-state index is 13.9. The van der Waals surface area contributed by atoms with Crippen LogP contribution < -0.4 is 9.64 Å². The van der Waals surface area contributed by atoms with Gasteiger partial charge in [0.05, 0.1) is 23.5 Å². The molecule has 0 amide bonds. The SMILES string of the molecule is CC(C)c1ccc(F)cc1N1CSC1=NN=Cc1ccc(-c2ncn(-c3ccc(OC(F)(F)F)cc3)n2)cc1. The van der Waals surface area contributed by atoms with E-state index in [4.69, 9.17) is 0 Å². The molecule has 1 aliphatic heterocycles. The first-order valence-electron chi connectivity index (χ1n) is 11.9. The zero-order valence-corrected chi connectivity index (χ0v) is 21.6. The Balaban J connectivity index is 1.24. The van der Waals surface area contributed by atoms with E-state index < -0.39 is 6.36 Å². The van der Waals surface area contributed by atoms with Crippen molar-refractivity contribution < 1.29 is 22.3 Å². The Hall–Kier alpha value is -4.19. The molecule has 200 valence electrons. The Morgan fingerprint density at radius 3 is 2.41 bits per heavy atom. The summed E-state index contributed by atoms with van der Waals surface area (Å²) in [5.41, 5.74) is 3.95. The molecule has 0 unspecified atom stereocenters. The highest BCUT2D eigenvalue weighted by Gasteiger charge is 2.31. The summed E-state index contributed by atoms with van der Waals surface area (Å²) in [6.07, 6.45) is -1.65. The third-order valence-electron chi connectivity index (χ3n) is 5.80. The summed E-state index contributed by atoms with van der Waals surface area (Å²) in [6, 6.07) is 17.5. The van der Waals surface area contributed by atoms with Crippen LogP contribution >= 0.6 is 11.8 Å². The van der Waals surface area contributed by atoms with Crippen LogP contribution in [0.2, 0.25) is 0 Å². The van der Waals surface area contributed by atoms with E-state index in [0.29, 0.717) is 22.6 Å². The Labute approximate surface area is 225 Å². The van der Waals surface area contributed by atoms with Crippen LogP contribution in [0.4, 0.5) is 23.2 Å². The van der Waals surface area contributed by atoms with E-state index in [9.17, 15) is 17.6 Å². The summed E-state index contributed by atoms with van der Waals surface area (Å²) in [4.78, 5) is 6.24. The topological polar surface area (TPSA) is 67.9 Å². The minimum Gasteiger partial charge on any atom is -0.406 e. The molecule has 4 aromatic rings. The number of hydrogen-bond acceptors (Lipinski definition) is 6. The van der Waals surface area contributed by atoms with Gasteiger partial charge in [-0.15, -0.1) is 23.4 Å². The lowest BCUT2D eigenvalue weighted by atomic mass is 10.0. The standard InChI is InChI=1S/C27H22F4N6OS/c1-17(2)23-12-7-20(28)13-24(23)36-16-39-26(36)34-33-14-18-3-5-19(6-4-18)25-32-15-37(35-25)21-8-10-22(11-9-21)38-27(29,30)31/h3-15,17H,16H2,1-2H3. The second-order valence-corrected chi connectivity index (χ2v) is 9.77. The predicted molar refractivity (Wildman–Crippen MR) is 144 cm³/mol. The van der Waals surface area contributed by atoms with Crippen molar-refractivity contribution in [3.63, 3.8) is 0 Å². The highest BCUT2D eigenvalue weighted by atomic mass is 32.2. The normalized spacial score (nSPS) is 14.8. The van der Waals surface area contributed by atoms with Crippen LogP contribution in [0.1, 0.15) is 30.9 Å². The molecular formula is C27H22F4N6OS. The van der Waals surface area contributed by atoms with Gasteiger partial charge in [-0.3, -0.25) is 0 Å². The molecule has 1 aliphatic rings. The fourth-order valence-electron chi connectivity index (χ4n) is 3.86. The first-order chi connectivity index (χ1) is 18.7. The first kappa shape index (κ1) is 26.4. The van der Waals surface area contributed by atoms with Crippen molar-refractivity contribution in [3.8, 4) is 22.8 Å². The molecule has 1 aromatic heterocycles. The van der Waals surface area contributed by atoms with Gasteiger partial charge in [-0.2, -0.15) is 5.10 Å². The lowest BCUT2D eigenvalue weighted by molar-refractivity contribution is -0.274. The number of alkyl halides is 3. The smallest absolute Gasteiger partial charge is 0.406 e. The van der Waals surface area contributed by atoms with Gasteiger partial charge in [-0.1, -0.05) is 55.9 Å². The van der Waals surface area contributed by atoms with Gasteiger partial charge >= 0.3 is 6.36 Å². The highest BCUT2D eigenvalue weighted by molar-refractivity contribution is 8.16. The Bertz CT molecular complexity index is 1510. The molecule has 12 heteroatoms. The number of thioether (sulfide) groups is 1. The van der Waals surface area contributed by atoms with Gasteiger partial charge in [0.2, 0.25) is 0 Å². The van der Waals surface area contributed by atoms with Crippen LogP contribution in [0.3, 0.4) is 0 Å². The van der Waals surface area contributed by atoms with Gasteiger partial charge in [0.15, 0.2) is 11.0 Å². The van der Waals surface area contributed by atoms with E-state index in [0.717, 1.165) is 22.4 Å². The number of ether oxygens (including phenoxy) is 1. The molecule has 0 spiro atoms. The molecule has 39 heavy (non-hydrogen) atoms. The minimum atomic E-state index is -4.75. The number of rotatable bonds is 7. The van der Waals surface area contributed by atoms with Crippen LogP contribution in [0, 0.1) is 5.82 Å².